The van der Waals surface area contributed by atoms with E-state index in [4.69, 9.17) is 4.74 Å². The quantitative estimate of drug-likeness (QED) is 0.930. The Morgan fingerprint density at radius 3 is 2.95 bits per heavy atom. The molecule has 2 aromatic heterocycles. The Bertz CT molecular complexity index is 617. The molecule has 4 heteroatoms. The van der Waals surface area contributed by atoms with Gasteiger partial charge < -0.3 is 14.5 Å². The first-order valence-electron chi connectivity index (χ1n) is 7.22. The Hall–Kier alpha value is -1.39. The molecule has 20 heavy (non-hydrogen) atoms. The minimum Gasteiger partial charge on any atom is -0.381 e. The van der Waals surface area contributed by atoms with Crippen molar-refractivity contribution < 1.29 is 4.74 Å². The van der Waals surface area contributed by atoms with Crippen molar-refractivity contribution >= 4 is 5.65 Å². The summed E-state index contributed by atoms with van der Waals surface area (Å²) >= 11 is 0. The predicted octanol–water partition coefficient (Wildman–Crippen LogP) is 2.55. The number of fused-ring (bicyclic) bond motifs is 1. The molecule has 1 aliphatic rings. The molecule has 0 aromatic carbocycles. The molecule has 0 saturated heterocycles. The van der Waals surface area contributed by atoms with Gasteiger partial charge in [0.2, 0.25) is 0 Å². The Labute approximate surface area is 120 Å². The molecule has 108 valence electrons. The molecule has 2 atom stereocenters. The van der Waals surface area contributed by atoms with E-state index in [1.807, 2.05) is 18.2 Å². The number of methoxy groups -OCH3 is 1. The molecule has 0 amide bonds. The molecule has 0 aliphatic heterocycles. The van der Waals surface area contributed by atoms with E-state index in [9.17, 15) is 0 Å². The molecule has 1 aliphatic carbocycles. The first-order chi connectivity index (χ1) is 9.54. The van der Waals surface area contributed by atoms with E-state index in [0.29, 0.717) is 12.1 Å². The zero-order valence-electron chi connectivity index (χ0n) is 12.7. The molecule has 1 fully saturated rings. The van der Waals surface area contributed by atoms with Crippen LogP contribution in [0.1, 0.15) is 31.7 Å². The molecule has 2 heterocycles. The van der Waals surface area contributed by atoms with Gasteiger partial charge in [-0.3, -0.25) is 0 Å². The van der Waals surface area contributed by atoms with Gasteiger partial charge in [0, 0.05) is 31.3 Å². The van der Waals surface area contributed by atoms with Crippen molar-refractivity contribution in [3.05, 3.63) is 35.8 Å². The van der Waals surface area contributed by atoms with Crippen molar-refractivity contribution in [2.24, 2.45) is 5.41 Å². The summed E-state index contributed by atoms with van der Waals surface area (Å²) in [5.74, 6) is 0. The molecule has 2 aromatic rings. The van der Waals surface area contributed by atoms with Gasteiger partial charge in [0.15, 0.2) is 0 Å². The number of nitrogens with one attached hydrogen (secondary N) is 1. The Kier molecular flexibility index (Phi) is 3.30. The predicted molar refractivity (Wildman–Crippen MR) is 79.8 cm³/mol. The fourth-order valence-electron chi connectivity index (χ4n) is 3.23. The van der Waals surface area contributed by atoms with E-state index in [1.54, 1.807) is 7.11 Å². The third kappa shape index (κ3) is 2.03. The van der Waals surface area contributed by atoms with Gasteiger partial charge >= 0.3 is 0 Å². The van der Waals surface area contributed by atoms with Crippen LogP contribution >= 0.6 is 0 Å². The van der Waals surface area contributed by atoms with E-state index in [0.717, 1.165) is 24.3 Å². The van der Waals surface area contributed by atoms with Crippen LogP contribution in [0.4, 0.5) is 0 Å². The van der Waals surface area contributed by atoms with Crippen LogP contribution < -0.4 is 5.32 Å². The molecule has 1 saturated carbocycles. The Balaban J connectivity index is 1.74. The van der Waals surface area contributed by atoms with Crippen molar-refractivity contribution in [1.29, 1.82) is 0 Å². The second-order valence-electron chi connectivity index (χ2n) is 6.29. The zero-order valence-corrected chi connectivity index (χ0v) is 12.7. The lowest BCUT2D eigenvalue weighted by molar-refractivity contribution is -0.0979. The third-order valence-electron chi connectivity index (χ3n) is 4.81. The standard InChI is InChI=1S/C16H23N3O/c1-11-12(19-8-6-5-7-15(19)18-11)10-17-13-9-14(20-4)16(13,2)3/h5-8,13-14,17H,9-10H2,1-4H3. The van der Waals surface area contributed by atoms with Gasteiger partial charge in [-0.15, -0.1) is 0 Å². The van der Waals surface area contributed by atoms with E-state index in [2.05, 4.69) is 41.7 Å². The fourth-order valence-corrected chi connectivity index (χ4v) is 3.23. The van der Waals surface area contributed by atoms with Crippen LogP contribution in [0.15, 0.2) is 24.4 Å². The van der Waals surface area contributed by atoms with Crippen LogP contribution in [0.25, 0.3) is 5.65 Å². The zero-order chi connectivity index (χ0) is 14.3. The van der Waals surface area contributed by atoms with Gasteiger partial charge in [0.05, 0.1) is 17.5 Å². The van der Waals surface area contributed by atoms with Gasteiger partial charge in [-0.1, -0.05) is 19.9 Å². The number of nitrogens with zero attached hydrogens (tertiary/aromatic N) is 2. The number of hydrogen-bond acceptors (Lipinski definition) is 3. The van der Waals surface area contributed by atoms with Crippen molar-refractivity contribution in [3.8, 4) is 0 Å². The number of pyridine rings is 1. The Morgan fingerprint density at radius 1 is 1.45 bits per heavy atom. The first kappa shape index (κ1) is 13.6. The molecule has 4 nitrogen and oxygen atoms in total. The van der Waals surface area contributed by atoms with Crippen molar-refractivity contribution in [2.75, 3.05) is 7.11 Å². The molecule has 3 rings (SSSR count). The lowest BCUT2D eigenvalue weighted by Gasteiger charge is -2.51. The number of aromatic nitrogens is 2. The van der Waals surface area contributed by atoms with Crippen molar-refractivity contribution in [1.82, 2.24) is 14.7 Å². The summed E-state index contributed by atoms with van der Waals surface area (Å²) in [6.45, 7) is 7.46. The molecule has 0 spiro atoms. The average Bonchev–Trinajstić information content (AvgIpc) is 2.74. The maximum atomic E-state index is 5.51. The maximum absolute atomic E-state index is 5.51. The van der Waals surface area contributed by atoms with Crippen LogP contribution in [-0.2, 0) is 11.3 Å². The summed E-state index contributed by atoms with van der Waals surface area (Å²) in [6.07, 6.45) is 3.53. The van der Waals surface area contributed by atoms with E-state index in [1.165, 1.54) is 5.69 Å². The minimum absolute atomic E-state index is 0.198. The Morgan fingerprint density at radius 2 is 2.25 bits per heavy atom. The van der Waals surface area contributed by atoms with Crippen LogP contribution in [0.2, 0.25) is 0 Å². The van der Waals surface area contributed by atoms with Gasteiger partial charge in [0.1, 0.15) is 5.65 Å². The highest BCUT2D eigenvalue weighted by Gasteiger charge is 2.48. The topological polar surface area (TPSA) is 38.6 Å². The van der Waals surface area contributed by atoms with Gasteiger partial charge in [-0.2, -0.15) is 0 Å². The number of hydrogen-bond donors (Lipinski definition) is 1. The van der Waals surface area contributed by atoms with E-state index < -0.39 is 0 Å². The fraction of sp³-hybridized carbons (Fsp3) is 0.562. The summed E-state index contributed by atoms with van der Waals surface area (Å²) < 4.78 is 7.67. The molecular weight excluding hydrogens is 250 g/mol. The van der Waals surface area contributed by atoms with Crippen LogP contribution in [0.5, 0.6) is 0 Å². The third-order valence-corrected chi connectivity index (χ3v) is 4.81. The van der Waals surface area contributed by atoms with Crippen molar-refractivity contribution in [2.45, 2.75) is 45.9 Å². The summed E-state index contributed by atoms with van der Waals surface area (Å²) in [7, 11) is 1.80. The number of aryl methyl sites for hydroxylation is 1. The average molecular weight is 273 g/mol. The molecule has 0 radical (unpaired) electrons. The van der Waals surface area contributed by atoms with E-state index >= 15 is 0 Å². The molecule has 0 bridgehead atoms. The van der Waals surface area contributed by atoms with Gasteiger partial charge in [-0.25, -0.2) is 4.98 Å². The van der Waals surface area contributed by atoms with Gasteiger partial charge in [0.25, 0.3) is 0 Å². The SMILES string of the molecule is COC1CC(NCc2c(C)nc3ccccn23)C1(C)C. The van der Waals surface area contributed by atoms with Crippen LogP contribution in [0.3, 0.4) is 0 Å². The van der Waals surface area contributed by atoms with E-state index in [-0.39, 0.29) is 5.41 Å². The first-order valence-corrected chi connectivity index (χ1v) is 7.22. The summed E-state index contributed by atoms with van der Waals surface area (Å²) in [6, 6.07) is 6.62. The summed E-state index contributed by atoms with van der Waals surface area (Å²) in [5.41, 5.74) is 3.56. The second kappa shape index (κ2) is 4.86. The summed E-state index contributed by atoms with van der Waals surface area (Å²) in [4.78, 5) is 4.60. The molecule has 1 N–H and O–H groups in total. The lowest BCUT2D eigenvalue weighted by Crippen LogP contribution is -2.60. The lowest BCUT2D eigenvalue weighted by atomic mass is 9.64. The summed E-state index contributed by atoms with van der Waals surface area (Å²) in [5, 5.41) is 3.67. The highest BCUT2D eigenvalue weighted by Crippen LogP contribution is 2.42. The highest BCUT2D eigenvalue weighted by atomic mass is 16.5. The van der Waals surface area contributed by atoms with Crippen molar-refractivity contribution in [3.63, 3.8) is 0 Å². The number of imidazole rings is 1. The molecular formula is C16H23N3O. The smallest absolute Gasteiger partial charge is 0.137 e. The second-order valence-corrected chi connectivity index (χ2v) is 6.29. The normalized spacial score (nSPS) is 24.8. The maximum Gasteiger partial charge on any atom is 0.137 e. The van der Waals surface area contributed by atoms with Gasteiger partial charge in [-0.05, 0) is 25.5 Å². The van der Waals surface area contributed by atoms with Crippen LogP contribution in [0, 0.1) is 12.3 Å². The minimum atomic E-state index is 0.198. The molecule has 2 unspecified atom stereocenters. The number of rotatable bonds is 4. The largest absolute Gasteiger partial charge is 0.381 e. The van der Waals surface area contributed by atoms with Crippen LogP contribution in [-0.4, -0.2) is 28.6 Å². The number of ether oxygens (including phenoxy) is 1. The highest BCUT2D eigenvalue weighted by molar-refractivity contribution is 5.42. The monoisotopic (exact) mass is 273 g/mol.